The fourth-order valence-corrected chi connectivity index (χ4v) is 10.9. The minimum Gasteiger partial charge on any atom is -0.376 e. The smallest absolute Gasteiger partial charge is 0.376 e. The van der Waals surface area contributed by atoms with Crippen LogP contribution in [0.15, 0.2) is 78.1 Å². The van der Waals surface area contributed by atoms with Gasteiger partial charge in [0.05, 0.1) is 51.4 Å². The van der Waals surface area contributed by atoms with E-state index < -0.39 is 35.2 Å². The first-order valence-electron chi connectivity index (χ1n) is 22.5. The minimum absolute atomic E-state index is 0.0566. The summed E-state index contributed by atoms with van der Waals surface area (Å²) in [4.78, 5) is 49.6. The van der Waals surface area contributed by atoms with E-state index >= 15 is 13.6 Å². The minimum atomic E-state index is -0.627. The van der Waals surface area contributed by atoms with Gasteiger partial charge in [-0.25, -0.2) is 23.1 Å². The molecule has 8 heterocycles. The molecule has 2 aromatic carbocycles. The van der Waals surface area contributed by atoms with Crippen molar-refractivity contribution < 1.29 is 27.9 Å². The number of hydroxylamine groups is 1. The number of ether oxygens (including phenoxy) is 1. The molecule has 2 saturated carbocycles. The first kappa shape index (κ1) is 40.0. The standard InChI is InChI=1S/C48H48F2N10O5/c1-26-39-36(53-60(30-7-8-35(49)32(22-30)27-5-6-27)42(39)59-19-18-58(46(59)63)38-10-9-37-34(40(38)50)25-51-55(37)4)12-17-56(26)43(61)33-23-31-21-28(29-13-20-64-47(2,3)24-29)11-16-57(31)41(33)48(14-15-48)44-52-45(62)65-54-44/h7-11,16,18-19,21-23,25-27,29,44,54H,5-6,12-15,17,20,24H2,1-4H3,(H,52,62)/t26-,29+,44?/m0/s1. The molecule has 2 saturated heterocycles. The summed E-state index contributed by atoms with van der Waals surface area (Å²) in [6.07, 6.45) is 10.8. The van der Waals surface area contributed by atoms with Crippen molar-refractivity contribution in [2.45, 2.75) is 101 Å². The number of pyridine rings is 1. The maximum Gasteiger partial charge on any atom is 0.427 e. The van der Waals surface area contributed by atoms with Crippen LogP contribution in [0.2, 0.25) is 0 Å². The van der Waals surface area contributed by atoms with Crippen LogP contribution in [0.1, 0.15) is 116 Å². The van der Waals surface area contributed by atoms with Gasteiger partial charge in [-0.1, -0.05) is 0 Å². The Labute approximate surface area is 371 Å². The Morgan fingerprint density at radius 1 is 0.954 bits per heavy atom. The second-order valence-corrected chi connectivity index (χ2v) is 19.1. The zero-order valence-corrected chi connectivity index (χ0v) is 36.5. The molecule has 12 rings (SSSR count). The van der Waals surface area contributed by atoms with E-state index in [2.05, 4.69) is 46.3 Å². The van der Waals surface area contributed by atoms with Crippen molar-refractivity contribution in [1.82, 2.24) is 48.8 Å². The van der Waals surface area contributed by atoms with Crippen molar-refractivity contribution >= 4 is 28.4 Å². The molecule has 5 aliphatic rings. The van der Waals surface area contributed by atoms with Crippen LogP contribution in [0.5, 0.6) is 0 Å². The van der Waals surface area contributed by atoms with Crippen molar-refractivity contribution in [3.05, 3.63) is 129 Å². The number of carbonyl (C=O) groups excluding carboxylic acids is 2. The molecule has 17 heteroatoms. The predicted molar refractivity (Wildman–Crippen MR) is 235 cm³/mol. The van der Waals surface area contributed by atoms with E-state index in [0.29, 0.717) is 71.8 Å². The summed E-state index contributed by atoms with van der Waals surface area (Å²) >= 11 is 0. The molecule has 3 aliphatic heterocycles. The highest BCUT2D eigenvalue weighted by molar-refractivity contribution is 5.98. The number of hydrogen-bond donors (Lipinski definition) is 2. The Morgan fingerprint density at radius 2 is 1.77 bits per heavy atom. The van der Waals surface area contributed by atoms with Gasteiger partial charge in [0.25, 0.3) is 5.91 Å². The number of rotatable bonds is 8. The third-order valence-corrected chi connectivity index (χ3v) is 14.6. The SMILES string of the molecule is C[C@H]1c2c(nn(-c3ccc(F)c(C4CC4)c3)c2-n2ccn(-c3ccc4c(cnn4C)c3F)c2=O)CCN1C(=O)c1cc2cc([C@@H]3CCOC(C)(C)C3)ccn2c1C1(C2NOC(=O)N2)CC1. The average molecular weight is 883 g/mol. The summed E-state index contributed by atoms with van der Waals surface area (Å²) in [5.74, 6) is -0.326. The molecule has 2 amide bonds. The number of nitrogens with zero attached hydrogens (tertiary/aromatic N) is 8. The third-order valence-electron chi connectivity index (χ3n) is 14.6. The van der Waals surface area contributed by atoms with Gasteiger partial charge in [-0.3, -0.25) is 18.6 Å². The van der Waals surface area contributed by atoms with Crippen LogP contribution in [0.4, 0.5) is 13.6 Å². The van der Waals surface area contributed by atoms with E-state index in [1.165, 1.54) is 33.2 Å². The molecule has 65 heavy (non-hydrogen) atoms. The van der Waals surface area contributed by atoms with Crippen LogP contribution < -0.4 is 16.5 Å². The third kappa shape index (κ3) is 6.21. The highest BCUT2D eigenvalue weighted by atomic mass is 19.1. The molecule has 0 radical (unpaired) electrons. The predicted octanol–water partition coefficient (Wildman–Crippen LogP) is 7.14. The van der Waals surface area contributed by atoms with Crippen LogP contribution in [0.3, 0.4) is 0 Å². The van der Waals surface area contributed by atoms with Gasteiger partial charge >= 0.3 is 11.8 Å². The van der Waals surface area contributed by atoms with Crippen LogP contribution in [0.25, 0.3) is 33.6 Å². The summed E-state index contributed by atoms with van der Waals surface area (Å²) < 4.78 is 45.5. The highest BCUT2D eigenvalue weighted by Gasteiger charge is 2.57. The van der Waals surface area contributed by atoms with Gasteiger partial charge in [0.1, 0.15) is 17.8 Å². The van der Waals surface area contributed by atoms with E-state index in [4.69, 9.17) is 14.7 Å². The molecule has 0 spiro atoms. The summed E-state index contributed by atoms with van der Waals surface area (Å²) in [6.45, 7) is 7.16. The number of aryl methyl sites for hydroxylation is 1. The number of carbonyl (C=O) groups is 2. The second kappa shape index (κ2) is 14.2. The average Bonchev–Trinajstić information content (AvgIpc) is 4.03. The van der Waals surface area contributed by atoms with Gasteiger partial charge in [-0.2, -0.15) is 10.2 Å². The Kier molecular flexibility index (Phi) is 8.73. The monoisotopic (exact) mass is 882 g/mol. The van der Waals surface area contributed by atoms with Gasteiger partial charge in [-0.15, -0.1) is 5.48 Å². The second-order valence-electron chi connectivity index (χ2n) is 19.1. The Bertz CT molecular complexity index is 3200. The largest absolute Gasteiger partial charge is 0.427 e. The van der Waals surface area contributed by atoms with Crippen molar-refractivity contribution in [2.75, 3.05) is 13.2 Å². The maximum atomic E-state index is 16.2. The first-order chi connectivity index (χ1) is 31.3. The van der Waals surface area contributed by atoms with Crippen molar-refractivity contribution in [3.8, 4) is 17.2 Å². The van der Waals surface area contributed by atoms with Crippen LogP contribution in [-0.4, -0.2) is 74.9 Å². The Hall–Kier alpha value is -6.59. The number of aromatic nitrogens is 7. The Morgan fingerprint density at radius 3 is 2.52 bits per heavy atom. The van der Waals surface area contributed by atoms with Crippen molar-refractivity contribution in [1.29, 1.82) is 0 Å². The zero-order chi connectivity index (χ0) is 44.7. The maximum absolute atomic E-state index is 16.2. The zero-order valence-electron chi connectivity index (χ0n) is 36.5. The van der Waals surface area contributed by atoms with E-state index in [1.807, 2.05) is 24.1 Å². The molecular weight excluding hydrogens is 835 g/mol. The quantitative estimate of drug-likeness (QED) is 0.164. The van der Waals surface area contributed by atoms with Gasteiger partial charge in [-0.05, 0) is 131 Å². The van der Waals surface area contributed by atoms with E-state index in [-0.39, 0.29) is 40.2 Å². The van der Waals surface area contributed by atoms with Gasteiger partial charge in [0, 0.05) is 67.4 Å². The summed E-state index contributed by atoms with van der Waals surface area (Å²) in [7, 11) is 1.73. The number of nitrogens with one attached hydrogen (secondary N) is 2. The molecule has 2 N–H and O–H groups in total. The fourth-order valence-electron chi connectivity index (χ4n) is 10.9. The molecule has 4 fully saturated rings. The molecule has 15 nitrogen and oxygen atoms in total. The number of halogens is 2. The first-order valence-corrected chi connectivity index (χ1v) is 22.5. The Balaban J connectivity index is 0.985. The lowest BCUT2D eigenvalue weighted by Crippen LogP contribution is -2.45. The number of amides is 2. The van der Waals surface area contributed by atoms with Crippen LogP contribution in [0, 0.1) is 11.6 Å². The molecule has 0 bridgehead atoms. The molecule has 1 unspecified atom stereocenters. The topological polar surface area (TPSA) is 147 Å². The lowest BCUT2D eigenvalue weighted by atomic mass is 9.84. The van der Waals surface area contributed by atoms with Crippen molar-refractivity contribution in [3.63, 3.8) is 0 Å². The summed E-state index contributed by atoms with van der Waals surface area (Å²) in [6, 6.07) is 13.8. The van der Waals surface area contributed by atoms with E-state index in [9.17, 15) is 9.59 Å². The molecule has 334 valence electrons. The summed E-state index contributed by atoms with van der Waals surface area (Å²) in [5.41, 5.74) is 7.94. The van der Waals surface area contributed by atoms with E-state index in [1.54, 1.807) is 46.9 Å². The highest BCUT2D eigenvalue weighted by Crippen LogP contribution is 2.53. The lowest BCUT2D eigenvalue weighted by molar-refractivity contribution is -0.0593. The van der Waals surface area contributed by atoms with Gasteiger partial charge < -0.3 is 24.2 Å². The molecule has 2 aliphatic carbocycles. The van der Waals surface area contributed by atoms with Crippen LogP contribution in [-0.2, 0) is 28.5 Å². The van der Waals surface area contributed by atoms with Crippen molar-refractivity contribution in [2.24, 2.45) is 7.05 Å². The molecular formula is C48H48F2N10O5. The van der Waals surface area contributed by atoms with Gasteiger partial charge in [0.2, 0.25) is 0 Å². The molecule has 7 aromatic rings. The number of benzene rings is 2. The van der Waals surface area contributed by atoms with E-state index in [0.717, 1.165) is 36.9 Å². The number of imidazole rings is 1. The normalized spacial score (nSPS) is 22.3. The number of fused-ring (bicyclic) bond motifs is 3. The number of hydrogen-bond acceptors (Lipinski definition) is 8. The fraction of sp³-hybridized carbons (Fsp3) is 0.396. The lowest BCUT2D eigenvalue weighted by Gasteiger charge is -2.35. The molecule has 5 aromatic heterocycles. The summed E-state index contributed by atoms with van der Waals surface area (Å²) in [5, 5.41) is 12.5. The van der Waals surface area contributed by atoms with Crippen LogP contribution >= 0.6 is 0 Å². The van der Waals surface area contributed by atoms with Gasteiger partial charge in [0.15, 0.2) is 5.82 Å². The molecule has 3 atom stereocenters.